The first kappa shape index (κ1) is 35.1. The van der Waals surface area contributed by atoms with Gasteiger partial charge in [-0.15, -0.1) is 58.1 Å². The Morgan fingerprint density at radius 2 is 0.795 bits per heavy atom. The molecule has 0 nitrogen and oxygen atoms in total. The molecule has 0 bridgehead atoms. The molecule has 0 amide bonds. The second-order valence-corrected chi connectivity index (χ2v) is 30.6. The van der Waals surface area contributed by atoms with E-state index in [1.54, 1.807) is 0 Å². The van der Waals surface area contributed by atoms with Crippen molar-refractivity contribution >= 4 is 140 Å². The molecule has 228 valence electrons. The van der Waals surface area contributed by atoms with Crippen molar-refractivity contribution in [3.63, 3.8) is 0 Å². The summed E-state index contributed by atoms with van der Waals surface area (Å²) in [4.78, 5) is 0. The largest absolute Gasteiger partial charge is 0.129 e. The summed E-state index contributed by atoms with van der Waals surface area (Å²) in [5, 5.41) is 7.87. The minimum Gasteiger partial charge on any atom is -0.127 e. The Morgan fingerprint density at radius 3 is 1.07 bits per heavy atom. The van der Waals surface area contributed by atoms with E-state index in [1.165, 1.54) is 57.4 Å². The maximum absolute atomic E-state index is 3.61. The monoisotopic (exact) mass is 756 g/mol. The van der Waals surface area contributed by atoms with Crippen molar-refractivity contribution in [1.82, 2.24) is 0 Å². The lowest BCUT2D eigenvalue weighted by Crippen LogP contribution is -2.18. The van der Waals surface area contributed by atoms with Crippen molar-refractivity contribution < 1.29 is 0 Å². The zero-order chi connectivity index (χ0) is 31.8. The first-order valence-electron chi connectivity index (χ1n) is 14.1. The zero-order valence-electron chi connectivity index (χ0n) is 26.7. The van der Waals surface area contributed by atoms with Crippen molar-refractivity contribution in [3.8, 4) is 22.9 Å². The van der Waals surface area contributed by atoms with Crippen molar-refractivity contribution in [1.29, 1.82) is 0 Å². The van der Waals surface area contributed by atoms with E-state index in [4.69, 9.17) is 0 Å². The predicted octanol–water partition coefficient (Wildman–Crippen LogP) is 11.2. The van der Waals surface area contributed by atoms with Crippen molar-refractivity contribution in [3.05, 3.63) is 74.9 Å². The molecule has 0 saturated heterocycles. The lowest BCUT2D eigenvalue weighted by atomic mass is 9.96. The van der Waals surface area contributed by atoms with Crippen LogP contribution in [0.3, 0.4) is 0 Å². The van der Waals surface area contributed by atoms with Crippen LogP contribution < -0.4 is 10.4 Å². The van der Waals surface area contributed by atoms with E-state index < -0.39 is 16.1 Å². The van der Waals surface area contributed by atoms with Gasteiger partial charge < -0.3 is 0 Å². The van der Waals surface area contributed by atoms with Crippen LogP contribution in [0.4, 0.5) is 0 Å². The quantitative estimate of drug-likeness (QED) is 0.145. The molecule has 0 fully saturated rings. The molecule has 0 N–H and O–H groups in total. The highest BCUT2D eigenvalue weighted by atomic mass is 32.3. The highest BCUT2D eigenvalue weighted by Crippen LogP contribution is 2.58. The summed E-state index contributed by atoms with van der Waals surface area (Å²) in [6.07, 6.45) is 8.78. The summed E-state index contributed by atoms with van der Waals surface area (Å²) in [7, 11) is -3.04. The third-order valence-electron chi connectivity index (χ3n) is 6.50. The lowest BCUT2D eigenvalue weighted by molar-refractivity contribution is 1.64. The first-order valence-corrected chi connectivity index (χ1v) is 29.2. The molecule has 0 saturated carbocycles. The van der Waals surface area contributed by atoms with Gasteiger partial charge in [-0.2, -0.15) is 0 Å². The number of rotatable bonds is 4. The van der Waals surface area contributed by atoms with Crippen LogP contribution in [0.1, 0.15) is 11.1 Å². The second-order valence-electron chi connectivity index (χ2n) is 12.2. The van der Waals surface area contributed by atoms with Gasteiger partial charge in [-0.1, -0.05) is 110 Å². The van der Waals surface area contributed by atoms with Gasteiger partial charge in [0.2, 0.25) is 0 Å². The molecule has 2 heterocycles. The van der Waals surface area contributed by atoms with Gasteiger partial charge in [-0.25, -0.2) is 0 Å². The Hall–Kier alpha value is -0.246. The van der Waals surface area contributed by atoms with Crippen LogP contribution >= 0.6 is 94.1 Å². The third-order valence-corrected chi connectivity index (χ3v) is 18.7. The topological polar surface area (TPSA) is 0 Å². The van der Waals surface area contributed by atoms with Crippen LogP contribution in [0, 0.1) is 22.9 Å². The molecule has 2 aliphatic heterocycles. The van der Waals surface area contributed by atoms with Gasteiger partial charge in [0.25, 0.3) is 0 Å². The maximum atomic E-state index is 3.61. The predicted molar refractivity (Wildman–Crippen MR) is 226 cm³/mol. The Balaban J connectivity index is 1.96. The molecule has 3 aromatic carbocycles. The van der Waals surface area contributed by atoms with Gasteiger partial charge in [0.1, 0.15) is 16.1 Å². The van der Waals surface area contributed by atoms with Crippen molar-refractivity contribution in [2.24, 2.45) is 0 Å². The van der Waals surface area contributed by atoms with Gasteiger partial charge >= 0.3 is 0 Å². The van der Waals surface area contributed by atoms with Crippen LogP contribution in [0.15, 0.2) is 53.3 Å². The van der Waals surface area contributed by atoms with Gasteiger partial charge in [-0.3, -0.25) is 0 Å². The van der Waals surface area contributed by atoms with Gasteiger partial charge in [0, 0.05) is 21.6 Å². The highest BCUT2D eigenvalue weighted by molar-refractivity contribution is 8.46. The standard InChI is InChI=1S/C34H36S8Si2/c1-35-31-32(36-2)40-29(39-31)27-23-13-11-22(16-18-44(8,9)10)20-26(23)28(30-41-33(37-3)34(38-4)42-30)24-14-12-21(19-25(24)27)15-17-43(5,6)7/h11-14,19-20H,1-10H3. The van der Waals surface area contributed by atoms with Crippen molar-refractivity contribution in [2.45, 2.75) is 39.3 Å². The van der Waals surface area contributed by atoms with Crippen LogP contribution in [0.2, 0.25) is 39.3 Å². The minimum atomic E-state index is -1.52. The van der Waals surface area contributed by atoms with Crippen LogP contribution in [0.25, 0.3) is 30.0 Å². The Kier molecular flexibility index (Phi) is 11.5. The summed E-state index contributed by atoms with van der Waals surface area (Å²) in [5.74, 6) is 7.14. The van der Waals surface area contributed by atoms with Crippen LogP contribution in [-0.4, -0.2) is 41.2 Å². The molecular formula is C34H36S8Si2. The average Bonchev–Trinajstić information content (AvgIpc) is 3.60. The molecular weight excluding hydrogens is 721 g/mol. The van der Waals surface area contributed by atoms with Gasteiger partial charge in [0.15, 0.2) is 0 Å². The summed E-state index contributed by atoms with van der Waals surface area (Å²) in [6, 6.07) is 13.9. The third kappa shape index (κ3) is 7.89. The molecule has 5 rings (SSSR count). The molecule has 0 aliphatic carbocycles. The molecule has 3 aromatic rings. The minimum absolute atomic E-state index is 1.10. The number of benzene rings is 3. The SMILES string of the molecule is CSC1=C(SC)SC(=c2c3ccc(C#C[Si](C)(C)C)cc3c(=C3SC(SC)=C(SC)S3)c3ccc(C#C[Si](C)(C)C)cc23)S1. The van der Waals surface area contributed by atoms with E-state index in [0.717, 1.165) is 11.1 Å². The zero-order valence-corrected chi connectivity index (χ0v) is 35.3. The summed E-state index contributed by atoms with van der Waals surface area (Å²) >= 11 is 15.1. The Bertz CT molecular complexity index is 1810. The smallest absolute Gasteiger partial charge is 0.127 e. The van der Waals surface area contributed by atoms with E-state index in [1.807, 2.05) is 94.1 Å². The molecule has 0 radical (unpaired) electrons. The van der Waals surface area contributed by atoms with E-state index in [-0.39, 0.29) is 0 Å². The van der Waals surface area contributed by atoms with E-state index in [0.29, 0.717) is 0 Å². The lowest BCUT2D eigenvalue weighted by Gasteiger charge is -2.13. The average molecular weight is 757 g/mol. The number of hydrogen-bond donors (Lipinski definition) is 0. The van der Waals surface area contributed by atoms with Crippen molar-refractivity contribution in [2.75, 3.05) is 25.0 Å². The molecule has 44 heavy (non-hydrogen) atoms. The number of thioether (sulfide) groups is 8. The van der Waals surface area contributed by atoms with E-state index in [9.17, 15) is 0 Å². The summed E-state index contributed by atoms with van der Waals surface area (Å²) in [6.45, 7) is 13.9. The van der Waals surface area contributed by atoms with E-state index in [2.05, 4.69) is 124 Å². The summed E-state index contributed by atoms with van der Waals surface area (Å²) in [5.41, 5.74) is 9.43. The normalized spacial score (nSPS) is 15.8. The maximum Gasteiger partial charge on any atom is 0.129 e. The molecule has 0 aromatic heterocycles. The number of hydrogen-bond acceptors (Lipinski definition) is 8. The molecule has 2 aliphatic rings. The second kappa shape index (κ2) is 14.5. The van der Waals surface area contributed by atoms with Crippen LogP contribution in [-0.2, 0) is 0 Å². The highest BCUT2D eigenvalue weighted by Gasteiger charge is 2.26. The molecule has 0 spiro atoms. The first-order chi connectivity index (χ1) is 20.9. The van der Waals surface area contributed by atoms with E-state index >= 15 is 0 Å². The fourth-order valence-corrected chi connectivity index (χ4v) is 15.9. The van der Waals surface area contributed by atoms with Crippen LogP contribution in [0.5, 0.6) is 0 Å². The Morgan fingerprint density at radius 1 is 0.477 bits per heavy atom. The molecule has 10 heteroatoms. The Labute approximate surface area is 299 Å². The molecule has 0 atom stereocenters. The molecule has 0 unspecified atom stereocenters. The fourth-order valence-electron chi connectivity index (χ4n) is 4.59. The number of fused-ring (bicyclic) bond motifs is 2. The summed E-state index contributed by atoms with van der Waals surface area (Å²) < 4.78 is 8.30. The fraction of sp³-hybridized carbons (Fsp3) is 0.294. The van der Waals surface area contributed by atoms with Gasteiger partial charge in [-0.05, 0) is 70.8 Å². The van der Waals surface area contributed by atoms with Gasteiger partial charge in [0.05, 0.1) is 25.4 Å².